The number of carbonyl (C=O) groups is 2. The summed E-state index contributed by atoms with van der Waals surface area (Å²) >= 11 is 2.92. The van der Waals surface area contributed by atoms with Crippen molar-refractivity contribution in [1.29, 1.82) is 0 Å². The second-order valence-corrected chi connectivity index (χ2v) is 8.37. The Morgan fingerprint density at radius 1 is 1.04 bits per heavy atom. The highest BCUT2D eigenvalue weighted by atomic mass is 32.1. The molecule has 0 unspecified atom stereocenters. The van der Waals surface area contributed by atoms with Gasteiger partial charge in [0, 0.05) is 10.6 Å². The molecule has 2 aromatic heterocycles. The van der Waals surface area contributed by atoms with Crippen molar-refractivity contribution in [3.63, 3.8) is 0 Å². The van der Waals surface area contributed by atoms with Crippen molar-refractivity contribution in [2.45, 2.75) is 26.2 Å². The van der Waals surface area contributed by atoms with Crippen LogP contribution >= 0.6 is 22.7 Å². The maximum atomic E-state index is 13.0. The number of rotatable bonds is 4. The average Bonchev–Trinajstić information content (AvgIpc) is 3.31. The minimum Gasteiger partial charge on any atom is -0.322 e. The van der Waals surface area contributed by atoms with Crippen molar-refractivity contribution in [3.05, 3.63) is 68.2 Å². The van der Waals surface area contributed by atoms with Crippen LogP contribution < -0.4 is 10.6 Å². The van der Waals surface area contributed by atoms with Gasteiger partial charge in [-0.25, -0.2) is 0 Å². The number of nitrogens with one attached hydrogen (secondary N) is 2. The Hall–Kier alpha value is -2.44. The molecule has 0 aliphatic heterocycles. The molecule has 1 aromatic carbocycles. The van der Waals surface area contributed by atoms with Crippen LogP contribution in [0.4, 0.5) is 10.7 Å². The van der Waals surface area contributed by atoms with E-state index in [1.165, 1.54) is 27.6 Å². The van der Waals surface area contributed by atoms with E-state index < -0.39 is 0 Å². The van der Waals surface area contributed by atoms with Crippen molar-refractivity contribution in [1.82, 2.24) is 0 Å². The van der Waals surface area contributed by atoms with Crippen LogP contribution in [0.15, 0.2) is 41.8 Å². The second-order valence-electron chi connectivity index (χ2n) is 6.32. The van der Waals surface area contributed by atoms with Crippen molar-refractivity contribution >= 4 is 45.2 Å². The maximum absolute atomic E-state index is 13.0. The minimum atomic E-state index is -0.162. The first kappa shape index (κ1) is 17.0. The monoisotopic (exact) mass is 382 g/mol. The summed E-state index contributed by atoms with van der Waals surface area (Å²) < 4.78 is 0. The van der Waals surface area contributed by atoms with E-state index in [1.807, 2.05) is 42.6 Å². The average molecular weight is 383 g/mol. The molecule has 0 bridgehead atoms. The Balaban J connectivity index is 1.64. The van der Waals surface area contributed by atoms with Gasteiger partial charge in [-0.1, -0.05) is 18.2 Å². The van der Waals surface area contributed by atoms with E-state index in [-0.39, 0.29) is 11.8 Å². The number of anilines is 2. The summed E-state index contributed by atoms with van der Waals surface area (Å²) in [7, 11) is 0. The van der Waals surface area contributed by atoms with E-state index in [2.05, 4.69) is 10.6 Å². The van der Waals surface area contributed by atoms with Crippen LogP contribution in [-0.2, 0) is 12.8 Å². The summed E-state index contributed by atoms with van der Waals surface area (Å²) in [5, 5.41) is 8.45. The molecule has 3 aromatic rings. The summed E-state index contributed by atoms with van der Waals surface area (Å²) in [5.41, 5.74) is 3.56. The molecule has 6 heteroatoms. The Kier molecular flexibility index (Phi) is 4.61. The number of hydrogen-bond donors (Lipinski definition) is 2. The molecule has 2 heterocycles. The third-order valence-electron chi connectivity index (χ3n) is 4.40. The van der Waals surface area contributed by atoms with Gasteiger partial charge in [0.25, 0.3) is 11.8 Å². The number of fused-ring (bicyclic) bond motifs is 1. The molecule has 0 fully saturated rings. The van der Waals surface area contributed by atoms with Crippen molar-refractivity contribution in [2.75, 3.05) is 10.6 Å². The van der Waals surface area contributed by atoms with E-state index in [1.54, 1.807) is 6.07 Å². The third kappa shape index (κ3) is 3.30. The van der Waals surface area contributed by atoms with Gasteiger partial charge in [0.05, 0.1) is 10.4 Å². The van der Waals surface area contributed by atoms with Gasteiger partial charge in [-0.3, -0.25) is 9.59 Å². The standard InChI is InChI=1S/C20H18N2O2S2/c1-12-5-2-6-13(11-12)21-19(24)17-14-7-3-8-15(14)26-20(17)22-18(23)16-9-4-10-25-16/h2,4-6,9-11H,3,7-8H2,1H3,(H,21,24)(H,22,23). The van der Waals surface area contributed by atoms with Gasteiger partial charge in [0.15, 0.2) is 0 Å². The van der Waals surface area contributed by atoms with Gasteiger partial charge in [0.1, 0.15) is 5.00 Å². The topological polar surface area (TPSA) is 58.2 Å². The van der Waals surface area contributed by atoms with Crippen LogP contribution in [0.3, 0.4) is 0 Å². The van der Waals surface area contributed by atoms with Crippen LogP contribution in [0.5, 0.6) is 0 Å². The lowest BCUT2D eigenvalue weighted by Gasteiger charge is -2.09. The summed E-state index contributed by atoms with van der Waals surface area (Å²) in [6.45, 7) is 1.99. The minimum absolute atomic E-state index is 0.156. The van der Waals surface area contributed by atoms with E-state index in [0.29, 0.717) is 15.4 Å². The van der Waals surface area contributed by atoms with Gasteiger partial charge in [0.2, 0.25) is 0 Å². The number of thiophene rings is 2. The lowest BCUT2D eigenvalue weighted by molar-refractivity contribution is 0.102. The highest BCUT2D eigenvalue weighted by molar-refractivity contribution is 7.17. The summed E-state index contributed by atoms with van der Waals surface area (Å²) in [6, 6.07) is 11.4. The molecule has 2 amide bonds. The lowest BCUT2D eigenvalue weighted by atomic mass is 10.1. The predicted molar refractivity (Wildman–Crippen MR) is 108 cm³/mol. The first-order chi connectivity index (χ1) is 12.6. The molecule has 132 valence electrons. The first-order valence-corrected chi connectivity index (χ1v) is 10.2. The van der Waals surface area contributed by atoms with E-state index in [9.17, 15) is 9.59 Å². The molecule has 0 saturated heterocycles. The molecular weight excluding hydrogens is 364 g/mol. The van der Waals surface area contributed by atoms with Gasteiger partial charge in [-0.05, 0) is 60.9 Å². The van der Waals surface area contributed by atoms with E-state index >= 15 is 0 Å². The largest absolute Gasteiger partial charge is 0.322 e. The Morgan fingerprint density at radius 2 is 1.92 bits per heavy atom. The fourth-order valence-electron chi connectivity index (χ4n) is 3.22. The molecule has 0 radical (unpaired) electrons. The summed E-state index contributed by atoms with van der Waals surface area (Å²) in [5.74, 6) is -0.319. The van der Waals surface area contributed by atoms with Crippen LogP contribution in [0.25, 0.3) is 0 Å². The fourth-order valence-corrected chi connectivity index (χ4v) is 5.12. The number of amides is 2. The van der Waals surface area contributed by atoms with Crippen molar-refractivity contribution < 1.29 is 9.59 Å². The molecular formula is C20H18N2O2S2. The van der Waals surface area contributed by atoms with E-state index in [4.69, 9.17) is 0 Å². The van der Waals surface area contributed by atoms with Crippen LogP contribution in [-0.4, -0.2) is 11.8 Å². The number of benzene rings is 1. The summed E-state index contributed by atoms with van der Waals surface area (Å²) in [4.78, 5) is 27.3. The first-order valence-electron chi connectivity index (χ1n) is 8.49. The van der Waals surface area contributed by atoms with Crippen LogP contribution in [0.2, 0.25) is 0 Å². The lowest BCUT2D eigenvalue weighted by Crippen LogP contribution is -2.17. The predicted octanol–water partition coefficient (Wildman–Crippen LogP) is 5.11. The van der Waals surface area contributed by atoms with Gasteiger partial charge < -0.3 is 10.6 Å². The highest BCUT2D eigenvalue weighted by Gasteiger charge is 2.27. The van der Waals surface area contributed by atoms with Crippen LogP contribution in [0.1, 0.15) is 42.5 Å². The second kappa shape index (κ2) is 7.05. The van der Waals surface area contributed by atoms with Gasteiger partial charge in [-0.2, -0.15) is 0 Å². The Labute approximate surface area is 159 Å². The third-order valence-corrected chi connectivity index (χ3v) is 6.47. The smallest absolute Gasteiger partial charge is 0.266 e. The molecule has 1 aliphatic carbocycles. The molecule has 0 atom stereocenters. The zero-order chi connectivity index (χ0) is 18.1. The molecule has 0 saturated carbocycles. The maximum Gasteiger partial charge on any atom is 0.266 e. The van der Waals surface area contributed by atoms with Gasteiger partial charge >= 0.3 is 0 Å². The quantitative estimate of drug-likeness (QED) is 0.659. The molecule has 2 N–H and O–H groups in total. The fraction of sp³-hybridized carbons (Fsp3) is 0.200. The van der Waals surface area contributed by atoms with Crippen molar-refractivity contribution in [2.24, 2.45) is 0 Å². The normalized spacial score (nSPS) is 12.7. The number of carbonyl (C=O) groups excluding carboxylic acids is 2. The Morgan fingerprint density at radius 3 is 2.69 bits per heavy atom. The SMILES string of the molecule is Cc1cccc(NC(=O)c2c(NC(=O)c3cccs3)sc3c2CCC3)c1. The molecule has 4 rings (SSSR count). The van der Waals surface area contributed by atoms with E-state index in [0.717, 1.165) is 36.1 Å². The molecule has 4 nitrogen and oxygen atoms in total. The molecule has 1 aliphatic rings. The Bertz CT molecular complexity index is 974. The highest BCUT2D eigenvalue weighted by Crippen LogP contribution is 2.39. The van der Waals surface area contributed by atoms with Crippen molar-refractivity contribution in [3.8, 4) is 0 Å². The summed E-state index contributed by atoms with van der Waals surface area (Å²) in [6.07, 6.45) is 2.92. The molecule has 26 heavy (non-hydrogen) atoms. The number of hydrogen-bond acceptors (Lipinski definition) is 4. The zero-order valence-corrected chi connectivity index (χ0v) is 15.9. The zero-order valence-electron chi connectivity index (χ0n) is 14.3. The van der Waals surface area contributed by atoms with Gasteiger partial charge in [-0.15, -0.1) is 22.7 Å². The number of aryl methyl sites for hydroxylation is 2. The molecule has 0 spiro atoms. The van der Waals surface area contributed by atoms with Crippen LogP contribution in [0, 0.1) is 6.92 Å².